The summed E-state index contributed by atoms with van der Waals surface area (Å²) in [6.45, 7) is 2.75. The highest BCUT2D eigenvalue weighted by Crippen LogP contribution is 2.44. The van der Waals surface area contributed by atoms with E-state index in [1.54, 1.807) is 0 Å². The van der Waals surface area contributed by atoms with E-state index in [0.717, 1.165) is 11.3 Å². The van der Waals surface area contributed by atoms with Crippen LogP contribution >= 0.6 is 11.6 Å². The Morgan fingerprint density at radius 1 is 1.56 bits per heavy atom. The lowest BCUT2D eigenvalue weighted by molar-refractivity contribution is -0.128. The van der Waals surface area contributed by atoms with Crippen LogP contribution in [0.25, 0.3) is 0 Å². The number of rotatable bonds is 3. The van der Waals surface area contributed by atoms with E-state index in [2.05, 4.69) is 0 Å². The second-order valence-electron chi connectivity index (χ2n) is 3.76. The molecule has 0 fully saturated rings. The van der Waals surface area contributed by atoms with Crippen LogP contribution in [0.1, 0.15) is 18.9 Å². The summed E-state index contributed by atoms with van der Waals surface area (Å²) in [5.41, 5.74) is 0.795. The molecule has 16 heavy (non-hydrogen) atoms. The Hall–Kier alpha value is -0.770. The minimum atomic E-state index is -1.01. The topological polar surface area (TPSA) is 38.7 Å². The van der Waals surface area contributed by atoms with Crippen LogP contribution in [0, 0.1) is 0 Å². The fourth-order valence-electron chi connectivity index (χ4n) is 1.93. The molecule has 2 unspecified atom stereocenters. The zero-order valence-corrected chi connectivity index (χ0v) is 9.91. The number of halogens is 1. The number of aliphatic hydroxyl groups excluding tert-OH is 1. The van der Waals surface area contributed by atoms with Gasteiger partial charge in [0.1, 0.15) is 10.6 Å². The molecule has 1 aliphatic rings. The van der Waals surface area contributed by atoms with Gasteiger partial charge in [0, 0.05) is 18.6 Å². The van der Waals surface area contributed by atoms with Gasteiger partial charge in [-0.15, -0.1) is 11.6 Å². The van der Waals surface area contributed by atoms with Crippen molar-refractivity contribution in [3.8, 4) is 5.75 Å². The van der Waals surface area contributed by atoms with Gasteiger partial charge < -0.3 is 14.6 Å². The molecule has 0 bridgehead atoms. The summed E-state index contributed by atoms with van der Waals surface area (Å²) in [5.74, 6) is 0.725. The SMILES string of the molecule is CCOC(O)C1(Cl)CCOc2ccccc21. The van der Waals surface area contributed by atoms with E-state index in [1.165, 1.54) is 0 Å². The number of hydrogen-bond donors (Lipinski definition) is 1. The highest BCUT2D eigenvalue weighted by Gasteiger charge is 2.42. The number of ether oxygens (including phenoxy) is 2. The molecule has 4 heteroatoms. The first-order valence-corrected chi connectivity index (χ1v) is 5.77. The largest absolute Gasteiger partial charge is 0.493 e. The summed E-state index contributed by atoms with van der Waals surface area (Å²) in [7, 11) is 0. The van der Waals surface area contributed by atoms with Crippen LogP contribution in [0.15, 0.2) is 24.3 Å². The highest BCUT2D eigenvalue weighted by atomic mass is 35.5. The molecule has 1 N–H and O–H groups in total. The Balaban J connectivity index is 2.36. The molecule has 2 rings (SSSR count). The van der Waals surface area contributed by atoms with E-state index in [-0.39, 0.29) is 0 Å². The smallest absolute Gasteiger partial charge is 0.178 e. The molecule has 0 saturated carbocycles. The predicted octanol–water partition coefficient (Wildman–Crippen LogP) is 2.26. The first-order chi connectivity index (χ1) is 7.68. The lowest BCUT2D eigenvalue weighted by atomic mass is 9.91. The predicted molar refractivity (Wildman–Crippen MR) is 61.7 cm³/mol. The maximum atomic E-state index is 9.97. The number of para-hydroxylation sites is 1. The van der Waals surface area contributed by atoms with Gasteiger partial charge in [-0.3, -0.25) is 0 Å². The Morgan fingerprint density at radius 2 is 2.31 bits per heavy atom. The highest BCUT2D eigenvalue weighted by molar-refractivity contribution is 6.24. The molecule has 1 aromatic rings. The molecule has 88 valence electrons. The van der Waals surface area contributed by atoms with Gasteiger partial charge in [-0.05, 0) is 13.0 Å². The zero-order valence-electron chi connectivity index (χ0n) is 9.15. The quantitative estimate of drug-likeness (QED) is 0.653. The summed E-state index contributed by atoms with van der Waals surface area (Å²) in [4.78, 5) is -0.898. The molecular weight excluding hydrogens is 228 g/mol. The standard InChI is InChI=1S/C12H15ClO3/c1-2-15-11(14)12(13)7-8-16-10-6-4-3-5-9(10)12/h3-6,11,14H,2,7-8H2,1H3. The van der Waals surface area contributed by atoms with E-state index in [9.17, 15) is 5.11 Å². The van der Waals surface area contributed by atoms with E-state index >= 15 is 0 Å². The Kier molecular flexibility index (Phi) is 3.38. The van der Waals surface area contributed by atoms with Gasteiger partial charge in [-0.25, -0.2) is 0 Å². The summed E-state index contributed by atoms with van der Waals surface area (Å²) >= 11 is 6.48. The van der Waals surface area contributed by atoms with Gasteiger partial charge in [0.2, 0.25) is 0 Å². The van der Waals surface area contributed by atoms with Crippen molar-refractivity contribution in [1.82, 2.24) is 0 Å². The molecule has 1 aromatic carbocycles. The molecule has 3 nitrogen and oxygen atoms in total. The van der Waals surface area contributed by atoms with Gasteiger partial charge >= 0.3 is 0 Å². The molecule has 1 aliphatic heterocycles. The van der Waals surface area contributed by atoms with Crippen LogP contribution in [-0.2, 0) is 9.61 Å². The third kappa shape index (κ3) is 1.90. The number of hydrogen-bond acceptors (Lipinski definition) is 3. The average molecular weight is 243 g/mol. The fraction of sp³-hybridized carbons (Fsp3) is 0.500. The maximum Gasteiger partial charge on any atom is 0.178 e. The molecule has 0 amide bonds. The molecule has 0 spiro atoms. The molecule has 0 radical (unpaired) electrons. The number of benzene rings is 1. The van der Waals surface area contributed by atoms with Crippen molar-refractivity contribution < 1.29 is 14.6 Å². The lowest BCUT2D eigenvalue weighted by Gasteiger charge is -2.36. The molecular formula is C12H15ClO3. The van der Waals surface area contributed by atoms with Gasteiger partial charge in [0.15, 0.2) is 6.29 Å². The van der Waals surface area contributed by atoms with E-state index < -0.39 is 11.2 Å². The Bertz CT molecular complexity index is 369. The minimum absolute atomic E-state index is 0.429. The first kappa shape index (κ1) is 11.7. The van der Waals surface area contributed by atoms with Crippen molar-refractivity contribution in [3.63, 3.8) is 0 Å². The van der Waals surface area contributed by atoms with E-state index in [1.807, 2.05) is 31.2 Å². The molecule has 1 heterocycles. The van der Waals surface area contributed by atoms with Crippen molar-refractivity contribution in [2.24, 2.45) is 0 Å². The van der Waals surface area contributed by atoms with Crippen molar-refractivity contribution >= 4 is 11.6 Å². The van der Waals surface area contributed by atoms with Gasteiger partial charge in [0.25, 0.3) is 0 Å². The van der Waals surface area contributed by atoms with Crippen molar-refractivity contribution in [2.75, 3.05) is 13.2 Å². The normalized spacial score (nSPS) is 25.7. The third-order valence-corrected chi connectivity index (χ3v) is 3.35. The second kappa shape index (κ2) is 4.62. The summed E-state index contributed by atoms with van der Waals surface area (Å²) in [6, 6.07) is 7.48. The monoisotopic (exact) mass is 242 g/mol. The van der Waals surface area contributed by atoms with E-state index in [0.29, 0.717) is 19.6 Å². The fourth-order valence-corrected chi connectivity index (χ4v) is 2.22. The number of aliphatic hydroxyl groups is 1. The van der Waals surface area contributed by atoms with E-state index in [4.69, 9.17) is 21.1 Å². The van der Waals surface area contributed by atoms with Crippen molar-refractivity contribution in [1.29, 1.82) is 0 Å². The Labute approximate surface area is 99.9 Å². The number of fused-ring (bicyclic) bond motifs is 1. The lowest BCUT2D eigenvalue weighted by Crippen LogP contribution is -2.40. The van der Waals surface area contributed by atoms with Crippen LogP contribution in [-0.4, -0.2) is 24.6 Å². The Morgan fingerprint density at radius 3 is 3.06 bits per heavy atom. The van der Waals surface area contributed by atoms with Gasteiger partial charge in [-0.1, -0.05) is 18.2 Å². The average Bonchev–Trinajstić information content (AvgIpc) is 2.30. The molecule has 2 atom stereocenters. The minimum Gasteiger partial charge on any atom is -0.493 e. The van der Waals surface area contributed by atoms with Crippen LogP contribution in [0.4, 0.5) is 0 Å². The summed E-state index contributed by atoms with van der Waals surface area (Å²) in [5, 5.41) is 9.97. The maximum absolute atomic E-state index is 9.97. The number of alkyl halides is 1. The zero-order chi connectivity index (χ0) is 11.6. The van der Waals surface area contributed by atoms with Crippen molar-refractivity contribution in [3.05, 3.63) is 29.8 Å². The first-order valence-electron chi connectivity index (χ1n) is 5.39. The van der Waals surface area contributed by atoms with Crippen LogP contribution in [0.2, 0.25) is 0 Å². The van der Waals surface area contributed by atoms with Crippen LogP contribution in [0.5, 0.6) is 5.75 Å². The molecule has 0 aliphatic carbocycles. The third-order valence-electron chi connectivity index (χ3n) is 2.77. The summed E-state index contributed by atoms with van der Waals surface area (Å²) in [6.07, 6.45) is -0.476. The van der Waals surface area contributed by atoms with Crippen LogP contribution < -0.4 is 4.74 Å². The van der Waals surface area contributed by atoms with Crippen LogP contribution in [0.3, 0.4) is 0 Å². The molecule has 0 aromatic heterocycles. The molecule has 0 saturated heterocycles. The van der Waals surface area contributed by atoms with Gasteiger partial charge in [0.05, 0.1) is 6.61 Å². The van der Waals surface area contributed by atoms with Gasteiger partial charge in [-0.2, -0.15) is 0 Å². The van der Waals surface area contributed by atoms with Crippen molar-refractivity contribution in [2.45, 2.75) is 24.5 Å². The second-order valence-corrected chi connectivity index (χ2v) is 4.44. The summed E-state index contributed by atoms with van der Waals surface area (Å²) < 4.78 is 10.7.